The Morgan fingerprint density at radius 1 is 1.35 bits per heavy atom. The van der Waals surface area contributed by atoms with Crippen LogP contribution in [-0.2, 0) is 0 Å². The monoisotopic (exact) mass is 231 g/mol. The zero-order valence-corrected chi connectivity index (χ0v) is 10.3. The highest BCUT2D eigenvalue weighted by atomic mass is 16.5. The van der Waals surface area contributed by atoms with Crippen LogP contribution in [0.1, 0.15) is 19.9 Å². The summed E-state index contributed by atoms with van der Waals surface area (Å²) in [5, 5.41) is 4.49. The summed E-state index contributed by atoms with van der Waals surface area (Å²) >= 11 is 0. The Kier molecular flexibility index (Phi) is 3.04. The zero-order chi connectivity index (χ0) is 12.4. The van der Waals surface area contributed by atoms with Crippen molar-refractivity contribution in [1.82, 2.24) is 9.78 Å². The van der Waals surface area contributed by atoms with Crippen molar-refractivity contribution >= 4 is 5.69 Å². The third-order valence-corrected chi connectivity index (χ3v) is 2.63. The number of benzene rings is 1. The van der Waals surface area contributed by atoms with Crippen molar-refractivity contribution in [2.45, 2.75) is 19.9 Å². The quantitative estimate of drug-likeness (QED) is 0.883. The van der Waals surface area contributed by atoms with E-state index >= 15 is 0 Å². The lowest BCUT2D eigenvalue weighted by Gasteiger charge is -2.04. The summed E-state index contributed by atoms with van der Waals surface area (Å²) in [4.78, 5) is 0. The molecule has 0 spiro atoms. The minimum absolute atomic E-state index is 0.302. The van der Waals surface area contributed by atoms with E-state index in [9.17, 15) is 0 Å². The predicted molar refractivity (Wildman–Crippen MR) is 69.0 cm³/mol. The predicted octanol–water partition coefficient (Wildman–Crippen LogP) is 2.72. The van der Waals surface area contributed by atoms with E-state index < -0.39 is 0 Å². The molecule has 0 amide bonds. The first-order valence-corrected chi connectivity index (χ1v) is 5.61. The number of anilines is 1. The topological polar surface area (TPSA) is 53.1 Å². The maximum Gasteiger partial charge on any atom is 0.119 e. The Bertz CT molecular complexity index is 517. The van der Waals surface area contributed by atoms with Crippen molar-refractivity contribution < 1.29 is 4.74 Å². The first-order chi connectivity index (χ1) is 8.11. The van der Waals surface area contributed by atoms with Crippen LogP contribution in [0, 0.1) is 0 Å². The molecule has 0 atom stereocenters. The number of methoxy groups -OCH3 is 1. The van der Waals surface area contributed by atoms with Gasteiger partial charge < -0.3 is 10.5 Å². The Morgan fingerprint density at radius 3 is 2.71 bits per heavy atom. The van der Waals surface area contributed by atoms with Gasteiger partial charge in [-0.15, -0.1) is 0 Å². The van der Waals surface area contributed by atoms with Crippen LogP contribution in [0.3, 0.4) is 0 Å². The number of aromatic nitrogens is 2. The van der Waals surface area contributed by atoms with Crippen molar-refractivity contribution in [3.05, 3.63) is 30.5 Å². The van der Waals surface area contributed by atoms with Crippen molar-refractivity contribution in [1.29, 1.82) is 0 Å². The second kappa shape index (κ2) is 4.49. The Labute approximate surface area is 101 Å². The van der Waals surface area contributed by atoms with E-state index in [1.54, 1.807) is 7.11 Å². The molecule has 0 aliphatic rings. The van der Waals surface area contributed by atoms with E-state index in [2.05, 4.69) is 18.9 Å². The van der Waals surface area contributed by atoms with Crippen LogP contribution < -0.4 is 10.5 Å². The van der Waals surface area contributed by atoms with E-state index in [4.69, 9.17) is 10.5 Å². The molecule has 0 radical (unpaired) electrons. The zero-order valence-electron chi connectivity index (χ0n) is 10.3. The smallest absolute Gasteiger partial charge is 0.119 e. The lowest BCUT2D eigenvalue weighted by molar-refractivity contribution is 0.415. The average molecular weight is 231 g/mol. The third-order valence-electron chi connectivity index (χ3n) is 2.63. The van der Waals surface area contributed by atoms with Crippen LogP contribution in [0.2, 0.25) is 0 Å². The first-order valence-electron chi connectivity index (χ1n) is 5.61. The third kappa shape index (κ3) is 2.25. The van der Waals surface area contributed by atoms with Gasteiger partial charge in [-0.3, -0.25) is 4.68 Å². The summed E-state index contributed by atoms with van der Waals surface area (Å²) in [6.45, 7) is 4.14. The van der Waals surface area contributed by atoms with Gasteiger partial charge in [-0.2, -0.15) is 5.10 Å². The molecule has 0 saturated heterocycles. The van der Waals surface area contributed by atoms with Gasteiger partial charge in [0.2, 0.25) is 0 Å². The van der Waals surface area contributed by atoms with Crippen LogP contribution in [0.5, 0.6) is 5.75 Å². The summed E-state index contributed by atoms with van der Waals surface area (Å²) in [7, 11) is 1.65. The van der Waals surface area contributed by atoms with Gasteiger partial charge in [0, 0.05) is 17.8 Å². The van der Waals surface area contributed by atoms with Gasteiger partial charge >= 0.3 is 0 Å². The van der Waals surface area contributed by atoms with Crippen molar-refractivity contribution in [3.63, 3.8) is 0 Å². The average Bonchev–Trinajstić information content (AvgIpc) is 2.72. The Hall–Kier alpha value is -1.97. The van der Waals surface area contributed by atoms with E-state index in [-0.39, 0.29) is 0 Å². The summed E-state index contributed by atoms with van der Waals surface area (Å²) in [6.07, 6.45) is 1.86. The molecule has 17 heavy (non-hydrogen) atoms. The van der Waals surface area contributed by atoms with Gasteiger partial charge in [-0.1, -0.05) is 12.1 Å². The molecule has 1 aromatic carbocycles. The number of nitrogens with zero attached hydrogens (tertiary/aromatic N) is 2. The molecule has 4 heteroatoms. The number of ether oxygens (including phenoxy) is 1. The summed E-state index contributed by atoms with van der Waals surface area (Å²) < 4.78 is 7.06. The van der Waals surface area contributed by atoms with E-state index in [1.807, 2.05) is 35.1 Å². The molecule has 1 heterocycles. The molecule has 2 rings (SSSR count). The van der Waals surface area contributed by atoms with Crippen LogP contribution in [0.4, 0.5) is 5.69 Å². The van der Waals surface area contributed by atoms with Gasteiger partial charge in [0.1, 0.15) is 11.4 Å². The highest BCUT2D eigenvalue weighted by Gasteiger charge is 2.10. The normalized spacial score (nSPS) is 10.8. The molecule has 2 N–H and O–H groups in total. The van der Waals surface area contributed by atoms with Gasteiger partial charge in [0.15, 0.2) is 0 Å². The SMILES string of the molecule is COc1cccc(-c2nn(C(C)C)cc2N)c1. The molecule has 90 valence electrons. The lowest BCUT2D eigenvalue weighted by atomic mass is 10.1. The van der Waals surface area contributed by atoms with E-state index in [1.165, 1.54) is 0 Å². The van der Waals surface area contributed by atoms with Crippen LogP contribution in [-0.4, -0.2) is 16.9 Å². The minimum Gasteiger partial charge on any atom is -0.497 e. The second-order valence-corrected chi connectivity index (χ2v) is 4.24. The molecular weight excluding hydrogens is 214 g/mol. The van der Waals surface area contributed by atoms with Gasteiger partial charge in [0.05, 0.1) is 12.8 Å². The highest BCUT2D eigenvalue weighted by molar-refractivity contribution is 5.72. The Morgan fingerprint density at radius 2 is 2.12 bits per heavy atom. The fourth-order valence-corrected chi connectivity index (χ4v) is 1.67. The van der Waals surface area contributed by atoms with Crippen LogP contribution in [0.25, 0.3) is 11.3 Å². The fourth-order valence-electron chi connectivity index (χ4n) is 1.67. The molecule has 1 aromatic heterocycles. The maximum absolute atomic E-state index is 5.98. The van der Waals surface area contributed by atoms with Gasteiger partial charge in [-0.25, -0.2) is 0 Å². The maximum atomic E-state index is 5.98. The lowest BCUT2D eigenvalue weighted by Crippen LogP contribution is -2.00. The molecular formula is C13H17N3O. The molecule has 0 aliphatic carbocycles. The van der Waals surface area contributed by atoms with Crippen molar-refractivity contribution in [2.75, 3.05) is 12.8 Å². The number of hydrogen-bond donors (Lipinski definition) is 1. The van der Waals surface area contributed by atoms with Crippen molar-refractivity contribution in [3.8, 4) is 17.0 Å². The second-order valence-electron chi connectivity index (χ2n) is 4.24. The summed E-state index contributed by atoms with van der Waals surface area (Å²) in [5.41, 5.74) is 8.44. The fraction of sp³-hybridized carbons (Fsp3) is 0.308. The number of nitrogens with two attached hydrogens (primary N) is 1. The van der Waals surface area contributed by atoms with Gasteiger partial charge in [-0.05, 0) is 26.0 Å². The highest BCUT2D eigenvalue weighted by Crippen LogP contribution is 2.27. The first kappa shape index (κ1) is 11.5. The minimum atomic E-state index is 0.302. The number of rotatable bonds is 3. The van der Waals surface area contributed by atoms with Crippen LogP contribution in [0.15, 0.2) is 30.5 Å². The molecule has 4 nitrogen and oxygen atoms in total. The Balaban J connectivity index is 2.45. The summed E-state index contributed by atoms with van der Waals surface area (Å²) in [5.74, 6) is 0.806. The molecule has 2 aromatic rings. The molecule has 0 bridgehead atoms. The van der Waals surface area contributed by atoms with E-state index in [0.29, 0.717) is 11.7 Å². The molecule has 0 fully saturated rings. The number of nitrogen functional groups attached to an aromatic ring is 1. The van der Waals surface area contributed by atoms with Crippen LogP contribution >= 0.6 is 0 Å². The largest absolute Gasteiger partial charge is 0.497 e. The molecule has 0 aliphatic heterocycles. The van der Waals surface area contributed by atoms with E-state index in [0.717, 1.165) is 17.0 Å². The van der Waals surface area contributed by atoms with Gasteiger partial charge in [0.25, 0.3) is 0 Å². The van der Waals surface area contributed by atoms with Crippen molar-refractivity contribution in [2.24, 2.45) is 0 Å². The molecule has 0 saturated carbocycles. The number of hydrogen-bond acceptors (Lipinski definition) is 3. The standard InChI is InChI=1S/C13H17N3O/c1-9(2)16-8-12(14)13(15-16)10-5-4-6-11(7-10)17-3/h4-9H,14H2,1-3H3. The summed E-state index contributed by atoms with van der Waals surface area (Å²) in [6, 6.07) is 8.05. The molecule has 0 unspecified atom stereocenters.